The number of aromatic hydroxyl groups is 1. The highest BCUT2D eigenvalue weighted by atomic mass is 16.5. The van der Waals surface area contributed by atoms with Crippen LogP contribution in [-0.2, 0) is 6.42 Å². The van der Waals surface area contributed by atoms with Crippen LogP contribution in [0.15, 0.2) is 12.1 Å². The first-order chi connectivity index (χ1) is 7.37. The van der Waals surface area contributed by atoms with Crippen molar-refractivity contribution in [3.63, 3.8) is 0 Å². The molecule has 16 heavy (non-hydrogen) atoms. The molecule has 0 bridgehead atoms. The Morgan fingerprint density at radius 3 is 2.19 bits per heavy atom. The van der Waals surface area contributed by atoms with Gasteiger partial charge in [0, 0.05) is 17.7 Å². The third-order valence-corrected chi connectivity index (χ3v) is 2.32. The summed E-state index contributed by atoms with van der Waals surface area (Å²) in [6.45, 7) is 6.36. The Hall–Kier alpha value is -1.38. The second kappa shape index (κ2) is 4.64. The van der Waals surface area contributed by atoms with Crippen molar-refractivity contribution in [3.05, 3.63) is 17.7 Å². The summed E-state index contributed by atoms with van der Waals surface area (Å²) in [5.74, 6) is 1.50. The van der Waals surface area contributed by atoms with E-state index in [9.17, 15) is 5.11 Å². The van der Waals surface area contributed by atoms with Crippen molar-refractivity contribution in [2.75, 3.05) is 14.2 Å². The second-order valence-electron chi connectivity index (χ2n) is 5.06. The molecule has 0 unspecified atom stereocenters. The standard InChI is InChI=1S/C13H20O3/c1-13(2,3)8-10-11(14)6-9(15-4)7-12(10)16-5/h6-7,14H,8H2,1-5H3. The Morgan fingerprint density at radius 2 is 1.75 bits per heavy atom. The number of ether oxygens (including phenoxy) is 2. The van der Waals surface area contributed by atoms with Gasteiger partial charge in [-0.3, -0.25) is 0 Å². The quantitative estimate of drug-likeness (QED) is 0.857. The highest BCUT2D eigenvalue weighted by molar-refractivity contribution is 5.50. The summed E-state index contributed by atoms with van der Waals surface area (Å²) in [7, 11) is 3.16. The van der Waals surface area contributed by atoms with Gasteiger partial charge in [-0.2, -0.15) is 0 Å². The maximum absolute atomic E-state index is 9.94. The van der Waals surface area contributed by atoms with E-state index in [2.05, 4.69) is 20.8 Å². The molecular weight excluding hydrogens is 204 g/mol. The SMILES string of the molecule is COc1cc(O)c(CC(C)(C)C)c(OC)c1. The van der Waals surface area contributed by atoms with Gasteiger partial charge in [0.1, 0.15) is 17.2 Å². The molecule has 0 heterocycles. The number of phenolic OH excluding ortho intramolecular Hbond substituents is 1. The lowest BCUT2D eigenvalue weighted by Crippen LogP contribution is -2.10. The molecular formula is C13H20O3. The molecule has 0 aliphatic rings. The van der Waals surface area contributed by atoms with E-state index >= 15 is 0 Å². The predicted octanol–water partition coefficient (Wildman–Crippen LogP) is 3.00. The van der Waals surface area contributed by atoms with Gasteiger partial charge in [0.15, 0.2) is 0 Å². The molecule has 1 aromatic rings. The Kier molecular flexibility index (Phi) is 3.68. The van der Waals surface area contributed by atoms with Crippen LogP contribution < -0.4 is 9.47 Å². The molecule has 1 aromatic carbocycles. The molecule has 90 valence electrons. The van der Waals surface area contributed by atoms with Crippen LogP contribution in [0, 0.1) is 5.41 Å². The maximum atomic E-state index is 9.94. The molecule has 0 radical (unpaired) electrons. The van der Waals surface area contributed by atoms with Gasteiger partial charge >= 0.3 is 0 Å². The Morgan fingerprint density at radius 1 is 1.12 bits per heavy atom. The van der Waals surface area contributed by atoms with E-state index in [0.717, 1.165) is 12.0 Å². The first kappa shape index (κ1) is 12.7. The minimum Gasteiger partial charge on any atom is -0.507 e. The Labute approximate surface area is 97.0 Å². The molecule has 0 aliphatic heterocycles. The minimum absolute atomic E-state index is 0.0966. The molecule has 0 spiro atoms. The molecule has 0 fully saturated rings. The van der Waals surface area contributed by atoms with Crippen LogP contribution >= 0.6 is 0 Å². The number of hydrogen-bond acceptors (Lipinski definition) is 3. The molecule has 1 N–H and O–H groups in total. The summed E-state index contributed by atoms with van der Waals surface area (Å²) in [5, 5.41) is 9.94. The van der Waals surface area contributed by atoms with E-state index in [4.69, 9.17) is 9.47 Å². The Balaban J connectivity index is 3.16. The molecule has 0 amide bonds. The van der Waals surface area contributed by atoms with E-state index < -0.39 is 0 Å². The number of rotatable bonds is 3. The minimum atomic E-state index is 0.0966. The fourth-order valence-corrected chi connectivity index (χ4v) is 1.61. The van der Waals surface area contributed by atoms with Gasteiger partial charge in [-0.15, -0.1) is 0 Å². The summed E-state index contributed by atoms with van der Waals surface area (Å²) in [5.41, 5.74) is 0.926. The highest BCUT2D eigenvalue weighted by Crippen LogP contribution is 2.37. The van der Waals surface area contributed by atoms with Gasteiger partial charge in [0.2, 0.25) is 0 Å². The van der Waals surface area contributed by atoms with E-state index in [-0.39, 0.29) is 11.2 Å². The summed E-state index contributed by atoms with van der Waals surface area (Å²) in [6, 6.07) is 3.41. The monoisotopic (exact) mass is 224 g/mol. The van der Waals surface area contributed by atoms with Gasteiger partial charge in [0.05, 0.1) is 14.2 Å². The molecule has 3 nitrogen and oxygen atoms in total. The van der Waals surface area contributed by atoms with Crippen LogP contribution in [0.5, 0.6) is 17.2 Å². The van der Waals surface area contributed by atoms with Crippen LogP contribution in [-0.4, -0.2) is 19.3 Å². The van der Waals surface area contributed by atoms with E-state index in [1.807, 2.05) is 0 Å². The van der Waals surface area contributed by atoms with Crippen molar-refractivity contribution in [1.29, 1.82) is 0 Å². The zero-order chi connectivity index (χ0) is 12.3. The lowest BCUT2D eigenvalue weighted by atomic mass is 9.87. The largest absolute Gasteiger partial charge is 0.507 e. The summed E-state index contributed by atoms with van der Waals surface area (Å²) in [6.07, 6.45) is 0.756. The summed E-state index contributed by atoms with van der Waals surface area (Å²) in [4.78, 5) is 0. The normalized spacial score (nSPS) is 11.3. The zero-order valence-electron chi connectivity index (χ0n) is 10.6. The fraction of sp³-hybridized carbons (Fsp3) is 0.538. The number of methoxy groups -OCH3 is 2. The molecule has 0 aliphatic carbocycles. The van der Waals surface area contributed by atoms with Crippen LogP contribution in [0.4, 0.5) is 0 Å². The molecule has 1 rings (SSSR count). The van der Waals surface area contributed by atoms with Gasteiger partial charge in [-0.05, 0) is 11.8 Å². The van der Waals surface area contributed by atoms with Gasteiger partial charge < -0.3 is 14.6 Å². The molecule has 0 saturated heterocycles. The maximum Gasteiger partial charge on any atom is 0.129 e. The average molecular weight is 224 g/mol. The molecule has 0 aromatic heterocycles. The Bertz CT molecular complexity index is 364. The van der Waals surface area contributed by atoms with Gasteiger partial charge in [-0.25, -0.2) is 0 Å². The van der Waals surface area contributed by atoms with Crippen LogP contribution in [0.1, 0.15) is 26.3 Å². The lowest BCUT2D eigenvalue weighted by Gasteiger charge is -2.21. The number of benzene rings is 1. The zero-order valence-corrected chi connectivity index (χ0v) is 10.6. The van der Waals surface area contributed by atoms with Gasteiger partial charge in [0.25, 0.3) is 0 Å². The van der Waals surface area contributed by atoms with Crippen molar-refractivity contribution in [3.8, 4) is 17.2 Å². The van der Waals surface area contributed by atoms with Crippen molar-refractivity contribution in [1.82, 2.24) is 0 Å². The lowest BCUT2D eigenvalue weighted by molar-refractivity contribution is 0.356. The van der Waals surface area contributed by atoms with E-state index in [1.54, 1.807) is 26.4 Å². The second-order valence-corrected chi connectivity index (χ2v) is 5.06. The third-order valence-electron chi connectivity index (χ3n) is 2.32. The van der Waals surface area contributed by atoms with Crippen LogP contribution in [0.2, 0.25) is 0 Å². The summed E-state index contributed by atoms with van der Waals surface area (Å²) >= 11 is 0. The number of phenols is 1. The van der Waals surface area contributed by atoms with E-state index in [0.29, 0.717) is 11.5 Å². The highest BCUT2D eigenvalue weighted by Gasteiger charge is 2.19. The van der Waals surface area contributed by atoms with E-state index in [1.165, 1.54) is 0 Å². The van der Waals surface area contributed by atoms with Crippen molar-refractivity contribution < 1.29 is 14.6 Å². The van der Waals surface area contributed by atoms with Crippen LogP contribution in [0.25, 0.3) is 0 Å². The third kappa shape index (κ3) is 3.05. The summed E-state index contributed by atoms with van der Waals surface area (Å²) < 4.78 is 10.4. The molecule has 0 atom stereocenters. The predicted molar refractivity (Wildman–Crippen MR) is 64.4 cm³/mol. The number of hydrogen-bond donors (Lipinski definition) is 1. The van der Waals surface area contributed by atoms with Crippen LogP contribution in [0.3, 0.4) is 0 Å². The fourth-order valence-electron chi connectivity index (χ4n) is 1.61. The smallest absolute Gasteiger partial charge is 0.129 e. The van der Waals surface area contributed by atoms with Crippen molar-refractivity contribution in [2.45, 2.75) is 27.2 Å². The van der Waals surface area contributed by atoms with Crippen molar-refractivity contribution >= 4 is 0 Å². The first-order valence-electron chi connectivity index (χ1n) is 5.31. The topological polar surface area (TPSA) is 38.7 Å². The molecule has 3 heteroatoms. The molecule has 0 saturated carbocycles. The van der Waals surface area contributed by atoms with Crippen molar-refractivity contribution in [2.24, 2.45) is 5.41 Å². The first-order valence-corrected chi connectivity index (χ1v) is 5.31. The van der Waals surface area contributed by atoms with Gasteiger partial charge in [-0.1, -0.05) is 20.8 Å². The average Bonchev–Trinajstić information content (AvgIpc) is 2.19.